The van der Waals surface area contributed by atoms with Gasteiger partial charge in [-0.3, -0.25) is 4.79 Å². The number of anilines is 1. The molecule has 8 nitrogen and oxygen atoms in total. The lowest BCUT2D eigenvalue weighted by atomic mass is 10.1. The summed E-state index contributed by atoms with van der Waals surface area (Å²) >= 11 is 0. The van der Waals surface area contributed by atoms with E-state index in [4.69, 9.17) is 0 Å². The van der Waals surface area contributed by atoms with E-state index in [2.05, 4.69) is 30.6 Å². The number of carbonyl (C=O) groups is 1. The van der Waals surface area contributed by atoms with Crippen molar-refractivity contribution in [1.82, 2.24) is 25.2 Å². The van der Waals surface area contributed by atoms with E-state index in [1.54, 1.807) is 22.9 Å². The molecule has 29 heavy (non-hydrogen) atoms. The summed E-state index contributed by atoms with van der Waals surface area (Å²) in [5.74, 6) is -0.0528. The first-order chi connectivity index (χ1) is 13.9. The quantitative estimate of drug-likeness (QED) is 0.678. The number of ether oxygens (including phenoxy) is 1. The lowest BCUT2D eigenvalue weighted by Crippen LogP contribution is -2.19. The summed E-state index contributed by atoms with van der Waals surface area (Å²) in [4.78, 5) is 16.1. The van der Waals surface area contributed by atoms with Crippen LogP contribution in [0.15, 0.2) is 42.6 Å². The molecule has 0 aliphatic heterocycles. The maximum absolute atomic E-state index is 12.4. The summed E-state index contributed by atoms with van der Waals surface area (Å²) < 4.78 is 42.8. The number of benzene rings is 1. The third-order valence-electron chi connectivity index (χ3n) is 4.15. The van der Waals surface area contributed by atoms with Gasteiger partial charge in [-0.15, -0.1) is 5.10 Å². The summed E-state index contributed by atoms with van der Waals surface area (Å²) in [6.07, 6.45) is -1.24. The van der Waals surface area contributed by atoms with E-state index < -0.39 is 18.7 Å². The smallest absolute Gasteiger partial charge is 0.422 e. The number of tetrazole rings is 1. The summed E-state index contributed by atoms with van der Waals surface area (Å²) in [6.45, 7) is -1.45. The normalized spacial score (nSPS) is 13.9. The number of aromatic nitrogens is 5. The Morgan fingerprint density at radius 2 is 2.07 bits per heavy atom. The summed E-state index contributed by atoms with van der Waals surface area (Å²) in [5.41, 5.74) is 1.46. The highest BCUT2D eigenvalue weighted by Gasteiger charge is 2.29. The van der Waals surface area contributed by atoms with E-state index >= 15 is 0 Å². The molecule has 1 saturated carbocycles. The fourth-order valence-corrected chi connectivity index (χ4v) is 2.64. The largest absolute Gasteiger partial charge is 0.468 e. The van der Waals surface area contributed by atoms with Crippen LogP contribution in [0.5, 0.6) is 5.88 Å². The summed E-state index contributed by atoms with van der Waals surface area (Å²) in [6, 6.07) is 9.92. The highest BCUT2D eigenvalue weighted by Crippen LogP contribution is 2.36. The standard InChI is InChI=1S/C18H15F3N6O2/c19-18(20,21)10-29-15-7-4-12(9-22-15)17(28)23-13-3-1-2-11(8-13)16-24-25-26-27(16)14-5-6-14/h1-4,7-9,14H,5-6,10H2,(H,23,28). The van der Waals surface area contributed by atoms with Gasteiger partial charge in [0, 0.05) is 23.5 Å². The molecule has 0 unspecified atom stereocenters. The van der Waals surface area contributed by atoms with Crippen LogP contribution in [-0.4, -0.2) is 43.9 Å². The lowest BCUT2D eigenvalue weighted by molar-refractivity contribution is -0.154. The molecule has 0 saturated heterocycles. The fraction of sp³-hybridized carbons (Fsp3) is 0.278. The van der Waals surface area contributed by atoms with Crippen LogP contribution in [0.3, 0.4) is 0 Å². The SMILES string of the molecule is O=C(Nc1cccc(-c2nnnn2C2CC2)c1)c1ccc(OCC(F)(F)F)nc1. The molecule has 1 amide bonds. The molecule has 1 aliphatic carbocycles. The van der Waals surface area contributed by atoms with Gasteiger partial charge in [0.05, 0.1) is 11.6 Å². The molecule has 11 heteroatoms. The van der Waals surface area contributed by atoms with Crippen molar-refractivity contribution in [1.29, 1.82) is 0 Å². The van der Waals surface area contributed by atoms with Crippen molar-refractivity contribution in [3.63, 3.8) is 0 Å². The van der Waals surface area contributed by atoms with Crippen molar-refractivity contribution in [2.75, 3.05) is 11.9 Å². The number of halogens is 3. The van der Waals surface area contributed by atoms with E-state index in [1.807, 2.05) is 6.07 Å². The molecule has 1 fully saturated rings. The maximum atomic E-state index is 12.4. The molecule has 1 aromatic carbocycles. The van der Waals surface area contributed by atoms with Crippen LogP contribution in [0.4, 0.5) is 18.9 Å². The molecule has 0 spiro atoms. The van der Waals surface area contributed by atoms with Gasteiger partial charge in [0.2, 0.25) is 5.88 Å². The van der Waals surface area contributed by atoms with Crippen molar-refractivity contribution in [2.45, 2.75) is 25.1 Å². The Hall–Kier alpha value is -3.50. The molecule has 4 rings (SSSR count). The highest BCUT2D eigenvalue weighted by atomic mass is 19.4. The van der Waals surface area contributed by atoms with Crippen LogP contribution in [-0.2, 0) is 0 Å². The molecule has 0 bridgehead atoms. The maximum Gasteiger partial charge on any atom is 0.422 e. The number of alkyl halides is 3. The molecule has 150 valence electrons. The zero-order chi connectivity index (χ0) is 20.4. The Morgan fingerprint density at radius 3 is 2.76 bits per heavy atom. The van der Waals surface area contributed by atoms with Crippen LogP contribution < -0.4 is 10.1 Å². The average molecular weight is 404 g/mol. The number of hydrogen-bond donors (Lipinski definition) is 1. The van der Waals surface area contributed by atoms with Crippen molar-refractivity contribution < 1.29 is 22.7 Å². The number of carbonyl (C=O) groups excluding carboxylic acids is 1. The second-order valence-electron chi connectivity index (χ2n) is 6.50. The van der Waals surface area contributed by atoms with Crippen LogP contribution in [0.1, 0.15) is 29.2 Å². The molecule has 2 aromatic heterocycles. The zero-order valence-electron chi connectivity index (χ0n) is 14.9. The van der Waals surface area contributed by atoms with Crippen molar-refractivity contribution in [3.05, 3.63) is 48.2 Å². The van der Waals surface area contributed by atoms with E-state index in [0.29, 0.717) is 17.6 Å². The predicted molar refractivity (Wildman–Crippen MR) is 95.3 cm³/mol. The first-order valence-corrected chi connectivity index (χ1v) is 8.74. The van der Waals surface area contributed by atoms with Gasteiger partial charge in [0.15, 0.2) is 12.4 Å². The Labute approximate surface area is 162 Å². The van der Waals surface area contributed by atoms with Gasteiger partial charge in [-0.25, -0.2) is 9.67 Å². The van der Waals surface area contributed by atoms with E-state index in [9.17, 15) is 18.0 Å². The highest BCUT2D eigenvalue weighted by molar-refractivity contribution is 6.04. The van der Waals surface area contributed by atoms with E-state index in [1.165, 1.54) is 12.1 Å². The number of amides is 1. The molecule has 1 aliphatic rings. The van der Waals surface area contributed by atoms with Gasteiger partial charge in [0.1, 0.15) is 0 Å². The van der Waals surface area contributed by atoms with Gasteiger partial charge in [-0.05, 0) is 41.5 Å². The van der Waals surface area contributed by atoms with Crippen LogP contribution in [0.25, 0.3) is 11.4 Å². The van der Waals surface area contributed by atoms with Crippen LogP contribution >= 0.6 is 0 Å². The summed E-state index contributed by atoms with van der Waals surface area (Å²) in [5, 5.41) is 14.5. The molecule has 1 N–H and O–H groups in total. The number of pyridine rings is 1. The Kier molecular flexibility index (Phi) is 4.87. The van der Waals surface area contributed by atoms with Crippen LogP contribution in [0, 0.1) is 0 Å². The topological polar surface area (TPSA) is 94.8 Å². The molecule has 0 radical (unpaired) electrons. The third kappa shape index (κ3) is 4.68. The minimum atomic E-state index is -4.46. The summed E-state index contributed by atoms with van der Waals surface area (Å²) in [7, 11) is 0. The second-order valence-corrected chi connectivity index (χ2v) is 6.50. The van der Waals surface area contributed by atoms with Crippen molar-refractivity contribution >= 4 is 11.6 Å². The number of hydrogen-bond acceptors (Lipinski definition) is 6. The van der Waals surface area contributed by atoms with Crippen molar-refractivity contribution in [3.8, 4) is 17.3 Å². The molecule has 0 atom stereocenters. The first-order valence-electron chi connectivity index (χ1n) is 8.74. The lowest BCUT2D eigenvalue weighted by Gasteiger charge is -2.09. The average Bonchev–Trinajstić information content (AvgIpc) is 3.42. The third-order valence-corrected chi connectivity index (χ3v) is 4.15. The molecule has 3 aromatic rings. The second kappa shape index (κ2) is 7.49. The predicted octanol–water partition coefficient (Wildman–Crippen LogP) is 3.26. The van der Waals surface area contributed by atoms with Gasteiger partial charge in [-0.1, -0.05) is 12.1 Å². The zero-order valence-corrected chi connectivity index (χ0v) is 14.9. The minimum Gasteiger partial charge on any atom is -0.468 e. The molecular weight excluding hydrogens is 389 g/mol. The van der Waals surface area contributed by atoms with Crippen molar-refractivity contribution in [2.24, 2.45) is 0 Å². The number of nitrogens with zero attached hydrogens (tertiary/aromatic N) is 5. The Balaban J connectivity index is 1.44. The Bertz CT molecular complexity index is 1010. The van der Waals surface area contributed by atoms with Gasteiger partial charge >= 0.3 is 6.18 Å². The fourth-order valence-electron chi connectivity index (χ4n) is 2.64. The van der Waals surface area contributed by atoms with Gasteiger partial charge in [0.25, 0.3) is 5.91 Å². The monoisotopic (exact) mass is 404 g/mol. The molecule has 2 heterocycles. The first kappa shape index (κ1) is 18.8. The number of rotatable bonds is 6. The minimum absolute atomic E-state index is 0.178. The van der Waals surface area contributed by atoms with Crippen LogP contribution in [0.2, 0.25) is 0 Å². The van der Waals surface area contributed by atoms with E-state index in [0.717, 1.165) is 24.6 Å². The number of nitrogens with one attached hydrogen (secondary N) is 1. The van der Waals surface area contributed by atoms with Gasteiger partial charge in [-0.2, -0.15) is 13.2 Å². The molecular formula is C18H15F3N6O2. The Morgan fingerprint density at radius 1 is 1.24 bits per heavy atom. The van der Waals surface area contributed by atoms with Gasteiger partial charge < -0.3 is 10.1 Å². The van der Waals surface area contributed by atoms with E-state index in [-0.39, 0.29) is 11.4 Å².